The van der Waals surface area contributed by atoms with Gasteiger partial charge in [-0.2, -0.15) is 5.26 Å². The van der Waals surface area contributed by atoms with Crippen LogP contribution in [-0.2, 0) is 9.31 Å². The second-order valence-electron chi connectivity index (χ2n) is 5.51. The Morgan fingerprint density at radius 1 is 1.26 bits per heavy atom. The average molecular weight is 258 g/mol. The molecule has 1 fully saturated rings. The Bertz CT molecular complexity index is 547. The molecule has 5 nitrogen and oxygen atoms in total. The van der Waals surface area contributed by atoms with Crippen molar-refractivity contribution in [2.45, 2.75) is 38.9 Å². The highest BCUT2D eigenvalue weighted by Crippen LogP contribution is 2.36. The van der Waals surface area contributed by atoms with E-state index < -0.39 is 18.3 Å². The second kappa shape index (κ2) is 4.44. The van der Waals surface area contributed by atoms with Gasteiger partial charge in [-0.3, -0.25) is 9.78 Å². The molecule has 1 saturated heterocycles. The van der Waals surface area contributed by atoms with Gasteiger partial charge in [0.15, 0.2) is 6.29 Å². The number of aldehydes is 1. The summed E-state index contributed by atoms with van der Waals surface area (Å²) in [6, 6.07) is 1.95. The van der Waals surface area contributed by atoms with E-state index in [0.29, 0.717) is 11.7 Å². The van der Waals surface area contributed by atoms with Gasteiger partial charge in [0.2, 0.25) is 0 Å². The van der Waals surface area contributed by atoms with Crippen LogP contribution in [0.25, 0.3) is 0 Å². The van der Waals surface area contributed by atoms with Crippen LogP contribution in [0.4, 0.5) is 0 Å². The first kappa shape index (κ1) is 13.7. The number of carbonyl (C=O) groups excluding carboxylic acids is 1. The van der Waals surface area contributed by atoms with Gasteiger partial charge in [0.1, 0.15) is 6.07 Å². The lowest BCUT2D eigenvalue weighted by Gasteiger charge is -2.32. The SMILES string of the molecule is CC1(C)OB(c2cncc(C#N)c2C=O)OC1(C)C. The maximum atomic E-state index is 11.2. The van der Waals surface area contributed by atoms with Crippen LogP contribution in [0.15, 0.2) is 12.4 Å². The number of nitriles is 1. The summed E-state index contributed by atoms with van der Waals surface area (Å²) in [5.41, 5.74) is -0.00748. The first-order chi connectivity index (χ1) is 8.82. The number of carbonyl (C=O) groups is 1. The largest absolute Gasteiger partial charge is 0.497 e. The van der Waals surface area contributed by atoms with Crippen molar-refractivity contribution >= 4 is 18.9 Å². The van der Waals surface area contributed by atoms with Crippen LogP contribution in [0, 0.1) is 11.3 Å². The second-order valence-corrected chi connectivity index (χ2v) is 5.51. The van der Waals surface area contributed by atoms with Crippen LogP contribution in [0.5, 0.6) is 0 Å². The normalized spacial score (nSPS) is 20.1. The predicted octanol–water partition coefficient (Wildman–Crippen LogP) is 1.06. The zero-order valence-electron chi connectivity index (χ0n) is 11.4. The average Bonchev–Trinajstić information content (AvgIpc) is 2.57. The molecule has 1 aliphatic heterocycles. The van der Waals surface area contributed by atoms with Crippen LogP contribution >= 0.6 is 0 Å². The van der Waals surface area contributed by atoms with Crippen molar-refractivity contribution in [3.05, 3.63) is 23.5 Å². The smallest absolute Gasteiger partial charge is 0.399 e. The van der Waals surface area contributed by atoms with E-state index in [4.69, 9.17) is 14.6 Å². The summed E-state index contributed by atoms with van der Waals surface area (Å²) in [6.07, 6.45) is 3.51. The molecule has 1 aromatic heterocycles. The number of pyridine rings is 1. The van der Waals surface area contributed by atoms with Crippen LogP contribution in [-0.4, -0.2) is 29.6 Å². The Morgan fingerprint density at radius 3 is 2.32 bits per heavy atom. The molecule has 0 spiro atoms. The monoisotopic (exact) mass is 258 g/mol. The fraction of sp³-hybridized carbons (Fsp3) is 0.462. The Balaban J connectivity index is 2.46. The third kappa shape index (κ3) is 2.16. The standard InChI is InChI=1S/C13H15BN2O3/c1-12(2)13(3,4)19-14(18-12)11-7-16-6-9(5-15)10(11)8-17/h6-8H,1-4H3. The number of aromatic nitrogens is 1. The summed E-state index contributed by atoms with van der Waals surface area (Å²) < 4.78 is 11.7. The summed E-state index contributed by atoms with van der Waals surface area (Å²) in [6.45, 7) is 7.70. The van der Waals surface area contributed by atoms with Crippen molar-refractivity contribution < 1.29 is 14.1 Å². The van der Waals surface area contributed by atoms with Gasteiger partial charge in [0.05, 0.1) is 16.8 Å². The molecule has 1 aliphatic rings. The molecule has 0 unspecified atom stereocenters. The minimum absolute atomic E-state index is 0.224. The number of rotatable bonds is 2. The third-order valence-corrected chi connectivity index (χ3v) is 3.76. The van der Waals surface area contributed by atoms with Crippen molar-refractivity contribution in [2.24, 2.45) is 0 Å². The fourth-order valence-corrected chi connectivity index (χ4v) is 1.87. The molecule has 98 valence electrons. The van der Waals surface area contributed by atoms with Gasteiger partial charge in [-0.1, -0.05) is 0 Å². The molecule has 0 atom stereocenters. The van der Waals surface area contributed by atoms with Gasteiger partial charge < -0.3 is 9.31 Å². The van der Waals surface area contributed by atoms with Crippen molar-refractivity contribution in [3.63, 3.8) is 0 Å². The molecule has 19 heavy (non-hydrogen) atoms. The van der Waals surface area contributed by atoms with E-state index in [9.17, 15) is 4.79 Å². The lowest BCUT2D eigenvalue weighted by atomic mass is 9.76. The molecule has 0 bridgehead atoms. The Labute approximate surface area is 112 Å². The first-order valence-corrected chi connectivity index (χ1v) is 6.01. The molecule has 0 aromatic carbocycles. The van der Waals surface area contributed by atoms with Crippen LogP contribution in [0.1, 0.15) is 43.6 Å². The van der Waals surface area contributed by atoms with Gasteiger partial charge in [0.25, 0.3) is 0 Å². The summed E-state index contributed by atoms with van der Waals surface area (Å²) in [5.74, 6) is 0. The third-order valence-electron chi connectivity index (χ3n) is 3.76. The Hall–Kier alpha value is -1.71. The van der Waals surface area contributed by atoms with Crippen LogP contribution in [0.2, 0.25) is 0 Å². The van der Waals surface area contributed by atoms with E-state index in [1.54, 1.807) is 0 Å². The Morgan fingerprint density at radius 2 is 1.84 bits per heavy atom. The van der Waals surface area contributed by atoms with Crippen molar-refractivity contribution in [2.75, 3.05) is 0 Å². The van der Waals surface area contributed by atoms with Gasteiger partial charge in [0, 0.05) is 23.4 Å². The fourth-order valence-electron chi connectivity index (χ4n) is 1.87. The molecule has 0 radical (unpaired) electrons. The summed E-state index contributed by atoms with van der Waals surface area (Å²) in [5, 5.41) is 8.99. The number of nitrogens with zero attached hydrogens (tertiary/aromatic N) is 2. The molecule has 0 N–H and O–H groups in total. The highest BCUT2D eigenvalue weighted by Gasteiger charge is 2.52. The highest BCUT2D eigenvalue weighted by molar-refractivity contribution is 6.63. The molecule has 6 heteroatoms. The highest BCUT2D eigenvalue weighted by atomic mass is 16.7. The number of hydrogen-bond donors (Lipinski definition) is 0. The van der Waals surface area contributed by atoms with Crippen LogP contribution in [0.3, 0.4) is 0 Å². The zero-order valence-corrected chi connectivity index (χ0v) is 11.4. The van der Waals surface area contributed by atoms with E-state index in [1.165, 1.54) is 12.4 Å². The number of hydrogen-bond acceptors (Lipinski definition) is 5. The van der Waals surface area contributed by atoms with Gasteiger partial charge in [-0.25, -0.2) is 0 Å². The maximum Gasteiger partial charge on any atom is 0.497 e. The van der Waals surface area contributed by atoms with E-state index in [-0.39, 0.29) is 11.1 Å². The maximum absolute atomic E-state index is 11.2. The quantitative estimate of drug-likeness (QED) is 0.586. The van der Waals surface area contributed by atoms with Gasteiger partial charge >= 0.3 is 7.12 Å². The zero-order chi connectivity index (χ0) is 14.3. The molecule has 2 rings (SSSR count). The summed E-state index contributed by atoms with van der Waals surface area (Å²) in [7, 11) is -0.689. The van der Waals surface area contributed by atoms with Crippen molar-refractivity contribution in [1.29, 1.82) is 5.26 Å². The molecular formula is C13H15BN2O3. The molecule has 2 heterocycles. The van der Waals surface area contributed by atoms with Crippen molar-refractivity contribution in [3.8, 4) is 6.07 Å². The van der Waals surface area contributed by atoms with Gasteiger partial charge in [-0.05, 0) is 27.7 Å². The first-order valence-electron chi connectivity index (χ1n) is 6.01. The van der Waals surface area contributed by atoms with Crippen LogP contribution < -0.4 is 5.46 Å². The van der Waals surface area contributed by atoms with E-state index in [2.05, 4.69) is 4.98 Å². The van der Waals surface area contributed by atoms with E-state index in [1.807, 2.05) is 33.8 Å². The molecular weight excluding hydrogens is 243 g/mol. The molecule has 1 aromatic rings. The minimum atomic E-state index is -0.689. The molecule has 0 aliphatic carbocycles. The minimum Gasteiger partial charge on any atom is -0.399 e. The molecule has 0 amide bonds. The Kier molecular flexibility index (Phi) is 3.21. The van der Waals surface area contributed by atoms with E-state index >= 15 is 0 Å². The van der Waals surface area contributed by atoms with Crippen molar-refractivity contribution in [1.82, 2.24) is 4.98 Å². The topological polar surface area (TPSA) is 72.2 Å². The molecule has 0 saturated carbocycles. The predicted molar refractivity (Wildman–Crippen MR) is 70.1 cm³/mol. The lowest BCUT2D eigenvalue weighted by Crippen LogP contribution is -2.41. The van der Waals surface area contributed by atoms with Gasteiger partial charge in [-0.15, -0.1) is 0 Å². The van der Waals surface area contributed by atoms with E-state index in [0.717, 1.165) is 0 Å². The summed E-state index contributed by atoms with van der Waals surface area (Å²) in [4.78, 5) is 15.2. The summed E-state index contributed by atoms with van der Waals surface area (Å²) >= 11 is 0. The lowest BCUT2D eigenvalue weighted by molar-refractivity contribution is 0.00578.